The van der Waals surface area contributed by atoms with Gasteiger partial charge in [-0.05, 0) is 0 Å². The lowest BCUT2D eigenvalue weighted by Crippen LogP contribution is -2.42. The average Bonchev–Trinajstić information content (AvgIpc) is 2.14. The summed E-state index contributed by atoms with van der Waals surface area (Å²) in [6.07, 6.45) is -2.33. The van der Waals surface area contributed by atoms with E-state index in [9.17, 15) is 19.8 Å². The first-order valence-electron chi connectivity index (χ1n) is 6.28. The highest BCUT2D eigenvalue weighted by atomic mass is 28.3. The minimum absolute atomic E-state index is 0.0227. The lowest BCUT2D eigenvalue weighted by molar-refractivity contribution is -0.120. The molecule has 0 aliphatic heterocycles. The van der Waals surface area contributed by atoms with E-state index in [1.165, 1.54) is 0 Å². The Kier molecular flexibility index (Phi) is 6.12. The predicted molar refractivity (Wildman–Crippen MR) is 78.0 cm³/mol. The highest BCUT2D eigenvalue weighted by molar-refractivity contribution is 7.03. The fraction of sp³-hybridized carbons (Fsp3) is 0.833. The molecule has 0 amide bonds. The maximum atomic E-state index is 11.8. The van der Waals surface area contributed by atoms with E-state index in [0.717, 1.165) is 0 Å². The summed E-state index contributed by atoms with van der Waals surface area (Å²) in [7, 11) is -3.86. The normalized spacial score (nSPS) is 16.2. The molecule has 0 bridgehead atoms. The van der Waals surface area contributed by atoms with Crippen LogP contribution in [0.15, 0.2) is 0 Å². The van der Waals surface area contributed by atoms with Crippen molar-refractivity contribution in [1.82, 2.24) is 0 Å². The van der Waals surface area contributed by atoms with Gasteiger partial charge in [-0.1, -0.05) is 39.3 Å². The van der Waals surface area contributed by atoms with Crippen molar-refractivity contribution < 1.29 is 19.8 Å². The quantitative estimate of drug-likeness (QED) is 0.695. The van der Waals surface area contributed by atoms with Crippen LogP contribution in [-0.2, 0) is 9.59 Å². The Bertz CT molecular complexity index is 283. The summed E-state index contributed by atoms with van der Waals surface area (Å²) in [6.45, 7) is 11.4. The van der Waals surface area contributed by atoms with E-state index in [1.54, 1.807) is 0 Å². The van der Waals surface area contributed by atoms with Crippen LogP contribution in [0.1, 0.15) is 12.8 Å². The second kappa shape index (κ2) is 6.23. The smallest absolute Gasteiger partial charge is 0.124 e. The largest absolute Gasteiger partial charge is 0.390 e. The monoisotopic (exact) mass is 290 g/mol. The molecule has 4 nitrogen and oxygen atoms in total. The maximum absolute atomic E-state index is 11.8. The summed E-state index contributed by atoms with van der Waals surface area (Å²) in [5, 5.41) is 19.6. The number of aliphatic hydroxyl groups excluding tert-OH is 2. The van der Waals surface area contributed by atoms with Gasteiger partial charge in [-0.2, -0.15) is 0 Å². The standard InChI is InChI=1S/C12H26O4Si2/c1-17(2,3)11(15)7-9(13)10(14)8-12(16)18(4,5)6/h9-10,13-14H,7-8H2,1-6H3/t9-,10+. The predicted octanol–water partition coefficient (Wildman–Crippen LogP) is 1.38. The van der Waals surface area contributed by atoms with E-state index in [0.29, 0.717) is 0 Å². The number of hydrogen-bond donors (Lipinski definition) is 2. The molecule has 0 aromatic rings. The summed E-state index contributed by atoms with van der Waals surface area (Å²) < 4.78 is 0. The topological polar surface area (TPSA) is 74.6 Å². The summed E-state index contributed by atoms with van der Waals surface area (Å²) >= 11 is 0. The zero-order chi connectivity index (χ0) is 14.7. The second-order valence-electron chi connectivity index (χ2n) is 6.89. The van der Waals surface area contributed by atoms with Crippen LogP contribution in [0.2, 0.25) is 39.3 Å². The third-order valence-corrected chi connectivity index (χ3v) is 6.66. The van der Waals surface area contributed by atoms with Crippen LogP contribution in [0.25, 0.3) is 0 Å². The molecular weight excluding hydrogens is 264 g/mol. The van der Waals surface area contributed by atoms with E-state index in [4.69, 9.17) is 0 Å². The van der Waals surface area contributed by atoms with Gasteiger partial charge >= 0.3 is 0 Å². The second-order valence-corrected chi connectivity index (χ2v) is 17.0. The van der Waals surface area contributed by atoms with E-state index in [1.807, 2.05) is 39.3 Å². The van der Waals surface area contributed by atoms with Crippen LogP contribution in [0.3, 0.4) is 0 Å². The number of carbonyl (C=O) groups excluding carboxylic acids is 2. The van der Waals surface area contributed by atoms with Crippen molar-refractivity contribution >= 4 is 27.0 Å². The number of rotatable bonds is 7. The maximum Gasteiger partial charge on any atom is 0.124 e. The van der Waals surface area contributed by atoms with E-state index in [2.05, 4.69) is 0 Å². The molecule has 0 spiro atoms. The van der Waals surface area contributed by atoms with Crippen molar-refractivity contribution in [2.45, 2.75) is 64.3 Å². The Balaban J connectivity index is 4.41. The first-order chi connectivity index (χ1) is 7.85. The van der Waals surface area contributed by atoms with Gasteiger partial charge in [0.2, 0.25) is 0 Å². The SMILES string of the molecule is C[Si](C)(C)C(=O)C[C@@H](O)[C@@H](O)CC(=O)[Si](C)(C)C. The molecule has 106 valence electrons. The van der Waals surface area contributed by atoms with Gasteiger partial charge in [0.05, 0.1) is 12.2 Å². The first kappa shape index (κ1) is 17.7. The molecular formula is C12H26O4Si2. The average molecular weight is 291 g/mol. The Morgan fingerprint density at radius 2 is 1.00 bits per heavy atom. The van der Waals surface area contributed by atoms with Crippen molar-refractivity contribution in [3.63, 3.8) is 0 Å². The number of hydrogen-bond acceptors (Lipinski definition) is 4. The Labute approximate surface area is 111 Å². The van der Waals surface area contributed by atoms with Gasteiger partial charge in [-0.25, -0.2) is 0 Å². The molecule has 2 atom stereocenters. The summed E-state index contributed by atoms with van der Waals surface area (Å²) in [5.74, 6) is 0. The highest BCUT2D eigenvalue weighted by Gasteiger charge is 2.32. The van der Waals surface area contributed by atoms with Crippen LogP contribution >= 0.6 is 0 Å². The van der Waals surface area contributed by atoms with Gasteiger partial charge in [0.1, 0.15) is 27.0 Å². The Morgan fingerprint density at radius 3 is 1.17 bits per heavy atom. The Morgan fingerprint density at radius 1 is 0.778 bits per heavy atom. The van der Waals surface area contributed by atoms with Gasteiger partial charge in [-0.15, -0.1) is 0 Å². The molecule has 0 aromatic heterocycles. The molecule has 0 aromatic carbocycles. The molecule has 0 saturated heterocycles. The molecule has 0 aliphatic carbocycles. The molecule has 18 heavy (non-hydrogen) atoms. The fourth-order valence-electron chi connectivity index (χ4n) is 1.26. The van der Waals surface area contributed by atoms with Crippen LogP contribution < -0.4 is 0 Å². The summed E-state index contributed by atoms with van der Waals surface area (Å²) in [6, 6.07) is 0. The Hall–Kier alpha value is -0.306. The molecule has 0 fully saturated rings. The molecule has 0 heterocycles. The van der Waals surface area contributed by atoms with Crippen LogP contribution in [0, 0.1) is 0 Å². The van der Waals surface area contributed by atoms with Crippen LogP contribution in [0.5, 0.6) is 0 Å². The molecule has 0 unspecified atom stereocenters. The number of aliphatic hydroxyl groups is 2. The zero-order valence-corrected chi connectivity index (χ0v) is 14.3. The van der Waals surface area contributed by atoms with Gasteiger partial charge in [0, 0.05) is 12.8 Å². The molecule has 2 N–H and O–H groups in total. The van der Waals surface area contributed by atoms with Gasteiger partial charge in [0.25, 0.3) is 0 Å². The van der Waals surface area contributed by atoms with Crippen LogP contribution in [0.4, 0.5) is 0 Å². The molecule has 0 saturated carbocycles. The zero-order valence-electron chi connectivity index (χ0n) is 12.3. The summed E-state index contributed by atoms with van der Waals surface area (Å²) in [4.78, 5) is 23.6. The highest BCUT2D eigenvalue weighted by Crippen LogP contribution is 2.14. The first-order valence-corrected chi connectivity index (χ1v) is 13.3. The van der Waals surface area contributed by atoms with E-state index >= 15 is 0 Å². The third-order valence-electron chi connectivity index (χ3n) is 2.91. The third kappa shape index (κ3) is 6.04. The van der Waals surface area contributed by atoms with Gasteiger partial charge < -0.3 is 19.8 Å². The van der Waals surface area contributed by atoms with Gasteiger partial charge in [-0.3, -0.25) is 0 Å². The van der Waals surface area contributed by atoms with E-state index in [-0.39, 0.29) is 23.7 Å². The molecule has 0 rings (SSSR count). The lowest BCUT2D eigenvalue weighted by Gasteiger charge is -2.23. The van der Waals surface area contributed by atoms with Crippen LogP contribution in [-0.4, -0.2) is 49.4 Å². The lowest BCUT2D eigenvalue weighted by atomic mass is 10.1. The van der Waals surface area contributed by atoms with Crippen molar-refractivity contribution in [1.29, 1.82) is 0 Å². The van der Waals surface area contributed by atoms with Crippen molar-refractivity contribution in [2.75, 3.05) is 0 Å². The summed E-state index contributed by atoms with van der Waals surface area (Å²) in [5.41, 5.74) is 0. The van der Waals surface area contributed by atoms with E-state index < -0.39 is 28.4 Å². The number of carbonyl (C=O) groups is 2. The fourth-order valence-corrected chi connectivity index (χ4v) is 2.91. The molecule has 6 heteroatoms. The minimum atomic E-state index is -1.93. The van der Waals surface area contributed by atoms with Crippen molar-refractivity contribution in [3.8, 4) is 0 Å². The van der Waals surface area contributed by atoms with Crippen molar-refractivity contribution in [3.05, 3.63) is 0 Å². The molecule has 0 aliphatic rings. The molecule has 0 radical (unpaired) electrons. The van der Waals surface area contributed by atoms with Gasteiger partial charge in [0.15, 0.2) is 0 Å². The minimum Gasteiger partial charge on any atom is -0.390 e. The van der Waals surface area contributed by atoms with Crippen molar-refractivity contribution in [2.24, 2.45) is 0 Å².